The molecule has 4 nitrogen and oxygen atoms in total. The van der Waals surface area contributed by atoms with Crippen molar-refractivity contribution in [2.75, 3.05) is 6.61 Å². The lowest BCUT2D eigenvalue weighted by molar-refractivity contribution is 0.233. The zero-order valence-corrected chi connectivity index (χ0v) is 14.0. The van der Waals surface area contributed by atoms with Gasteiger partial charge < -0.3 is 9.67 Å². The number of aryl methyl sites for hydroxylation is 1. The Balaban J connectivity index is 1.88. The van der Waals surface area contributed by atoms with Crippen LogP contribution in [0.3, 0.4) is 0 Å². The van der Waals surface area contributed by atoms with Gasteiger partial charge >= 0.3 is 0 Å². The molecular formula is C18H20ClN3O. The van der Waals surface area contributed by atoms with Crippen molar-refractivity contribution < 1.29 is 5.11 Å². The lowest BCUT2D eigenvalue weighted by atomic mass is 10.1. The number of rotatable bonds is 5. The second-order valence-electron chi connectivity index (χ2n) is 5.70. The fraction of sp³-hybridized carbons (Fsp3) is 0.278. The molecule has 5 heteroatoms. The lowest BCUT2D eigenvalue weighted by Gasteiger charge is -2.22. The van der Waals surface area contributed by atoms with E-state index in [1.165, 1.54) is 0 Å². The maximum atomic E-state index is 9.71. The largest absolute Gasteiger partial charge is 0.394 e. The van der Waals surface area contributed by atoms with Gasteiger partial charge in [0, 0.05) is 12.1 Å². The lowest BCUT2D eigenvalue weighted by Crippen LogP contribution is -2.28. The fourth-order valence-corrected chi connectivity index (χ4v) is 3.06. The van der Waals surface area contributed by atoms with Crippen LogP contribution in [0.1, 0.15) is 30.4 Å². The van der Waals surface area contributed by atoms with Crippen molar-refractivity contribution in [3.63, 3.8) is 0 Å². The average Bonchev–Trinajstić information content (AvgIpc) is 2.89. The van der Waals surface area contributed by atoms with Gasteiger partial charge in [0.2, 0.25) is 0 Å². The maximum Gasteiger partial charge on any atom is 0.126 e. The Kier molecular flexibility index (Phi) is 4.66. The first kappa shape index (κ1) is 16.0. The van der Waals surface area contributed by atoms with Gasteiger partial charge in [0.1, 0.15) is 5.82 Å². The summed E-state index contributed by atoms with van der Waals surface area (Å²) in [6, 6.07) is 15.5. The fourth-order valence-electron chi connectivity index (χ4n) is 2.89. The van der Waals surface area contributed by atoms with Crippen molar-refractivity contribution in [1.29, 1.82) is 0 Å². The van der Waals surface area contributed by atoms with Crippen LogP contribution in [0, 0.1) is 0 Å². The molecule has 2 N–H and O–H groups in total. The number of aliphatic hydroxyl groups excluding tert-OH is 1. The summed E-state index contributed by atoms with van der Waals surface area (Å²) < 4.78 is 2.06. The molecule has 1 aromatic heterocycles. The third-order valence-electron chi connectivity index (χ3n) is 4.10. The SMILES string of the molecule is CC(N[C@H](CO)c1ccccc1)c1nc2cc(Cl)ccc2n1C. The van der Waals surface area contributed by atoms with E-state index in [0.717, 1.165) is 22.4 Å². The highest BCUT2D eigenvalue weighted by Crippen LogP contribution is 2.24. The number of fused-ring (bicyclic) bond motifs is 1. The van der Waals surface area contributed by atoms with Crippen LogP contribution in [0.4, 0.5) is 0 Å². The first-order valence-corrected chi connectivity index (χ1v) is 8.01. The van der Waals surface area contributed by atoms with Crippen molar-refractivity contribution in [3.05, 3.63) is 64.9 Å². The number of aromatic nitrogens is 2. The molecule has 120 valence electrons. The predicted molar refractivity (Wildman–Crippen MR) is 93.5 cm³/mol. The molecule has 0 amide bonds. The number of nitrogens with zero attached hydrogens (tertiary/aromatic N) is 2. The minimum atomic E-state index is -0.130. The van der Waals surface area contributed by atoms with Crippen LogP contribution in [-0.4, -0.2) is 21.3 Å². The minimum Gasteiger partial charge on any atom is -0.394 e. The van der Waals surface area contributed by atoms with Crippen LogP contribution in [0.2, 0.25) is 5.02 Å². The highest BCUT2D eigenvalue weighted by Gasteiger charge is 2.19. The van der Waals surface area contributed by atoms with Crippen LogP contribution in [-0.2, 0) is 7.05 Å². The first-order valence-electron chi connectivity index (χ1n) is 7.64. The number of nitrogens with one attached hydrogen (secondary N) is 1. The van der Waals surface area contributed by atoms with Crippen LogP contribution in [0.5, 0.6) is 0 Å². The predicted octanol–water partition coefficient (Wildman–Crippen LogP) is 3.61. The smallest absolute Gasteiger partial charge is 0.126 e. The van der Waals surface area contributed by atoms with E-state index in [9.17, 15) is 5.11 Å². The number of hydrogen-bond acceptors (Lipinski definition) is 3. The molecule has 3 aromatic rings. The maximum absolute atomic E-state index is 9.71. The molecule has 0 fully saturated rings. The molecule has 1 unspecified atom stereocenters. The van der Waals surface area contributed by atoms with Crippen molar-refractivity contribution in [1.82, 2.24) is 14.9 Å². The van der Waals surface area contributed by atoms with E-state index in [1.807, 2.05) is 55.6 Å². The van der Waals surface area contributed by atoms with Crippen LogP contribution < -0.4 is 5.32 Å². The summed E-state index contributed by atoms with van der Waals surface area (Å²) in [6.07, 6.45) is 0. The average molecular weight is 330 g/mol. The van der Waals surface area contributed by atoms with Gasteiger partial charge in [-0.25, -0.2) is 4.98 Å². The molecule has 0 aliphatic carbocycles. The van der Waals surface area contributed by atoms with Gasteiger partial charge in [-0.05, 0) is 30.7 Å². The molecule has 1 heterocycles. The minimum absolute atomic E-state index is 0.0106. The number of halogens is 1. The summed E-state index contributed by atoms with van der Waals surface area (Å²) in [4.78, 5) is 4.69. The van der Waals surface area contributed by atoms with Gasteiger partial charge in [0.25, 0.3) is 0 Å². The van der Waals surface area contributed by atoms with Gasteiger partial charge in [-0.2, -0.15) is 0 Å². The second-order valence-corrected chi connectivity index (χ2v) is 6.13. The van der Waals surface area contributed by atoms with Gasteiger partial charge in [0.15, 0.2) is 0 Å². The van der Waals surface area contributed by atoms with Gasteiger partial charge in [-0.1, -0.05) is 41.9 Å². The topological polar surface area (TPSA) is 50.1 Å². The Labute approximate surface area is 140 Å². The molecule has 0 spiro atoms. The number of benzene rings is 2. The highest BCUT2D eigenvalue weighted by atomic mass is 35.5. The van der Waals surface area contributed by atoms with Crippen LogP contribution in [0.15, 0.2) is 48.5 Å². The number of imidazole rings is 1. The number of aliphatic hydroxyl groups is 1. The summed E-state index contributed by atoms with van der Waals surface area (Å²) in [5, 5.41) is 13.8. The molecule has 3 rings (SSSR count). The summed E-state index contributed by atoms with van der Waals surface area (Å²) in [5.74, 6) is 0.914. The molecule has 0 aliphatic rings. The molecule has 23 heavy (non-hydrogen) atoms. The Morgan fingerprint density at radius 3 is 2.65 bits per heavy atom. The normalized spacial score (nSPS) is 14.1. The molecule has 2 aromatic carbocycles. The van der Waals surface area contributed by atoms with Crippen molar-refractivity contribution in [3.8, 4) is 0 Å². The van der Waals surface area contributed by atoms with E-state index < -0.39 is 0 Å². The Morgan fingerprint density at radius 1 is 1.22 bits per heavy atom. The molecule has 0 aliphatic heterocycles. The van der Waals surface area contributed by atoms with E-state index in [0.29, 0.717) is 5.02 Å². The molecular weight excluding hydrogens is 310 g/mol. The quantitative estimate of drug-likeness (QED) is 0.751. The molecule has 0 saturated heterocycles. The third kappa shape index (κ3) is 3.24. The Hall–Kier alpha value is -1.88. The van der Waals surface area contributed by atoms with Crippen LogP contribution in [0.25, 0.3) is 11.0 Å². The van der Waals surface area contributed by atoms with E-state index >= 15 is 0 Å². The summed E-state index contributed by atoms with van der Waals surface area (Å²) in [7, 11) is 1.99. The van der Waals surface area contributed by atoms with Crippen molar-refractivity contribution >= 4 is 22.6 Å². The second kappa shape index (κ2) is 6.71. The third-order valence-corrected chi connectivity index (χ3v) is 4.34. The van der Waals surface area contributed by atoms with Gasteiger partial charge in [-0.3, -0.25) is 5.32 Å². The Bertz CT molecular complexity index is 801. The zero-order valence-electron chi connectivity index (χ0n) is 13.2. The monoisotopic (exact) mass is 329 g/mol. The summed E-state index contributed by atoms with van der Waals surface area (Å²) in [5.41, 5.74) is 2.98. The van der Waals surface area contributed by atoms with E-state index in [-0.39, 0.29) is 18.7 Å². The highest BCUT2D eigenvalue weighted by molar-refractivity contribution is 6.31. The number of hydrogen-bond donors (Lipinski definition) is 2. The molecule has 0 radical (unpaired) electrons. The van der Waals surface area contributed by atoms with E-state index in [4.69, 9.17) is 11.6 Å². The molecule has 2 atom stereocenters. The zero-order chi connectivity index (χ0) is 16.4. The summed E-state index contributed by atoms with van der Waals surface area (Å²) >= 11 is 6.05. The standard InChI is InChI=1S/C18H20ClN3O/c1-12(20-16(11-23)13-6-4-3-5-7-13)18-21-15-10-14(19)8-9-17(15)22(18)2/h3-10,12,16,20,23H,11H2,1-2H3/t12?,16-/m1/s1. The van der Waals surface area contributed by atoms with Crippen molar-refractivity contribution in [2.24, 2.45) is 7.05 Å². The van der Waals surface area contributed by atoms with Gasteiger partial charge in [-0.15, -0.1) is 0 Å². The Morgan fingerprint density at radius 2 is 1.96 bits per heavy atom. The summed E-state index contributed by atoms with van der Waals surface area (Å²) in [6.45, 7) is 2.08. The molecule has 0 bridgehead atoms. The van der Waals surface area contributed by atoms with E-state index in [1.54, 1.807) is 0 Å². The van der Waals surface area contributed by atoms with Crippen molar-refractivity contribution in [2.45, 2.75) is 19.0 Å². The first-order chi connectivity index (χ1) is 11.1. The van der Waals surface area contributed by atoms with E-state index in [2.05, 4.69) is 21.8 Å². The van der Waals surface area contributed by atoms with Gasteiger partial charge in [0.05, 0.1) is 29.7 Å². The molecule has 0 saturated carbocycles. The van der Waals surface area contributed by atoms with Crippen LogP contribution >= 0.6 is 11.6 Å².